The number of nitrogens with zero attached hydrogens (tertiary/aromatic N) is 1. The lowest BCUT2D eigenvalue weighted by Gasteiger charge is -2.21. The van der Waals surface area contributed by atoms with Crippen LogP contribution in [-0.2, 0) is 38.2 Å². The van der Waals surface area contributed by atoms with Crippen molar-refractivity contribution in [3.05, 3.63) is 0 Å². The summed E-state index contributed by atoms with van der Waals surface area (Å²) in [5.74, 6) is -0.182. The summed E-state index contributed by atoms with van der Waals surface area (Å²) in [6, 6.07) is 0. The molecule has 0 saturated carbocycles. The van der Waals surface area contributed by atoms with Gasteiger partial charge in [0.05, 0.1) is 6.42 Å². The van der Waals surface area contributed by atoms with E-state index in [4.69, 9.17) is 14.2 Å². The van der Waals surface area contributed by atoms with E-state index in [0.29, 0.717) is 37.6 Å². The molecular formula is C42H78N2O8S. The molecule has 0 spiro atoms. The molecule has 0 aromatic carbocycles. The Labute approximate surface area is 327 Å². The molecule has 10 nitrogen and oxygen atoms in total. The van der Waals surface area contributed by atoms with Crippen molar-refractivity contribution in [2.24, 2.45) is 0 Å². The maximum Gasteiger partial charge on any atom is 0.306 e. The summed E-state index contributed by atoms with van der Waals surface area (Å²) >= 11 is 1.53. The van der Waals surface area contributed by atoms with Crippen LogP contribution in [0.15, 0.2) is 0 Å². The first-order valence-corrected chi connectivity index (χ1v) is 22.4. The van der Waals surface area contributed by atoms with Gasteiger partial charge in [0.25, 0.3) is 0 Å². The Kier molecular flexibility index (Phi) is 36.3. The molecule has 0 rings (SSSR count). The van der Waals surface area contributed by atoms with Crippen molar-refractivity contribution in [2.75, 3.05) is 44.4 Å². The van der Waals surface area contributed by atoms with Gasteiger partial charge in [0.2, 0.25) is 11.8 Å². The average Bonchev–Trinajstić information content (AvgIpc) is 3.12. The van der Waals surface area contributed by atoms with Gasteiger partial charge in [-0.25, -0.2) is 0 Å². The lowest BCUT2D eigenvalue weighted by atomic mass is 10.1. The number of rotatable bonds is 38. The van der Waals surface area contributed by atoms with Gasteiger partial charge in [0, 0.05) is 57.8 Å². The maximum atomic E-state index is 12.7. The maximum absolute atomic E-state index is 12.7. The van der Waals surface area contributed by atoms with E-state index in [2.05, 4.69) is 19.2 Å². The molecule has 0 heterocycles. The highest BCUT2D eigenvalue weighted by molar-refractivity contribution is 7.99. The number of hydrogen-bond acceptors (Lipinski definition) is 9. The van der Waals surface area contributed by atoms with Gasteiger partial charge in [-0.3, -0.25) is 24.0 Å². The van der Waals surface area contributed by atoms with Gasteiger partial charge in [0.1, 0.15) is 13.2 Å². The Hall–Kier alpha value is -2.30. The molecule has 0 saturated heterocycles. The van der Waals surface area contributed by atoms with Crippen LogP contribution in [0, 0.1) is 0 Å². The summed E-state index contributed by atoms with van der Waals surface area (Å²) < 4.78 is 16.5. The molecule has 310 valence electrons. The molecule has 0 aliphatic heterocycles. The van der Waals surface area contributed by atoms with Crippen LogP contribution in [0.3, 0.4) is 0 Å². The third-order valence-corrected chi connectivity index (χ3v) is 10.2. The van der Waals surface area contributed by atoms with Crippen molar-refractivity contribution in [2.45, 2.75) is 194 Å². The van der Waals surface area contributed by atoms with Crippen LogP contribution >= 0.6 is 11.8 Å². The van der Waals surface area contributed by atoms with Crippen molar-refractivity contribution in [1.29, 1.82) is 0 Å². The van der Waals surface area contributed by atoms with Crippen LogP contribution in [0.1, 0.15) is 188 Å². The molecule has 0 aromatic rings. The lowest BCUT2D eigenvalue weighted by molar-refractivity contribution is -0.166. The van der Waals surface area contributed by atoms with Gasteiger partial charge in [0.15, 0.2) is 6.10 Å². The Morgan fingerprint density at radius 1 is 0.528 bits per heavy atom. The minimum Gasteiger partial charge on any atom is -0.462 e. The number of thioether (sulfide) groups is 1. The summed E-state index contributed by atoms with van der Waals surface area (Å²) in [5.41, 5.74) is 0. The van der Waals surface area contributed by atoms with Crippen LogP contribution < -0.4 is 5.32 Å². The van der Waals surface area contributed by atoms with E-state index in [-0.39, 0.29) is 49.8 Å². The zero-order valence-electron chi connectivity index (χ0n) is 34.3. The SMILES string of the molecule is CCCCCCCCCCCCCC(=O)OCC(COC(=O)CCSCCN(CCNC(C)=O)C(C)=O)OC(=O)CCCCCCCCCCCCC. The van der Waals surface area contributed by atoms with E-state index in [1.54, 1.807) is 4.90 Å². The van der Waals surface area contributed by atoms with E-state index >= 15 is 0 Å². The highest BCUT2D eigenvalue weighted by Crippen LogP contribution is 2.14. The number of unbranched alkanes of at least 4 members (excludes halogenated alkanes) is 20. The zero-order valence-corrected chi connectivity index (χ0v) is 35.1. The first-order chi connectivity index (χ1) is 25.7. The summed E-state index contributed by atoms with van der Waals surface area (Å²) in [7, 11) is 0. The van der Waals surface area contributed by atoms with Crippen LogP contribution in [0.25, 0.3) is 0 Å². The smallest absolute Gasteiger partial charge is 0.306 e. The molecular weight excluding hydrogens is 693 g/mol. The third kappa shape index (κ3) is 36.4. The molecule has 0 aromatic heterocycles. The second-order valence-corrected chi connectivity index (χ2v) is 15.6. The summed E-state index contributed by atoms with van der Waals surface area (Å²) in [6.07, 6.45) is 26.2. The summed E-state index contributed by atoms with van der Waals surface area (Å²) in [4.78, 5) is 62.3. The first kappa shape index (κ1) is 50.7. The number of carbonyl (C=O) groups is 5. The van der Waals surface area contributed by atoms with Gasteiger partial charge >= 0.3 is 17.9 Å². The number of carbonyl (C=O) groups excluding carboxylic acids is 5. The van der Waals surface area contributed by atoms with E-state index in [9.17, 15) is 24.0 Å². The van der Waals surface area contributed by atoms with Crippen molar-refractivity contribution >= 4 is 41.5 Å². The molecule has 0 bridgehead atoms. The molecule has 0 aliphatic carbocycles. The molecule has 0 radical (unpaired) electrons. The fourth-order valence-electron chi connectivity index (χ4n) is 5.97. The van der Waals surface area contributed by atoms with Gasteiger partial charge in [-0.05, 0) is 12.8 Å². The monoisotopic (exact) mass is 771 g/mol. The van der Waals surface area contributed by atoms with E-state index in [1.165, 1.54) is 128 Å². The number of esters is 3. The van der Waals surface area contributed by atoms with E-state index < -0.39 is 12.1 Å². The molecule has 0 fully saturated rings. The molecule has 1 atom stereocenters. The molecule has 11 heteroatoms. The zero-order chi connectivity index (χ0) is 39.2. The Morgan fingerprint density at radius 2 is 0.943 bits per heavy atom. The van der Waals surface area contributed by atoms with E-state index in [0.717, 1.165) is 38.5 Å². The minimum absolute atomic E-state index is 0.0704. The summed E-state index contributed by atoms with van der Waals surface area (Å²) in [5, 5.41) is 2.69. The van der Waals surface area contributed by atoms with Gasteiger partial charge in [-0.15, -0.1) is 0 Å². The number of nitrogens with one attached hydrogen (secondary N) is 1. The van der Waals surface area contributed by atoms with Crippen LogP contribution in [-0.4, -0.2) is 85.1 Å². The third-order valence-electron chi connectivity index (χ3n) is 9.28. The Balaban J connectivity index is 4.53. The van der Waals surface area contributed by atoms with Crippen molar-refractivity contribution < 1.29 is 38.2 Å². The normalized spacial score (nSPS) is 11.5. The van der Waals surface area contributed by atoms with Gasteiger partial charge in [-0.2, -0.15) is 11.8 Å². The van der Waals surface area contributed by atoms with Gasteiger partial charge < -0.3 is 24.4 Å². The minimum atomic E-state index is -0.846. The molecule has 2 amide bonds. The molecule has 53 heavy (non-hydrogen) atoms. The largest absolute Gasteiger partial charge is 0.462 e. The standard InChI is InChI=1S/C42H78N2O8S/c1-5-7-9-11-13-15-17-19-21-23-25-27-40(47)50-35-39(52-42(49)28-26-24-22-20-18-16-14-12-10-8-6-2)36-51-41(48)29-33-53-34-32-44(38(4)46)31-30-43-37(3)45/h39H,5-36H2,1-4H3,(H,43,45). The first-order valence-electron chi connectivity index (χ1n) is 21.3. The topological polar surface area (TPSA) is 128 Å². The lowest BCUT2D eigenvalue weighted by Crippen LogP contribution is -2.38. The number of ether oxygens (including phenoxy) is 3. The van der Waals surface area contributed by atoms with Crippen LogP contribution in [0.2, 0.25) is 0 Å². The number of hydrogen-bond donors (Lipinski definition) is 1. The van der Waals surface area contributed by atoms with Crippen LogP contribution in [0.4, 0.5) is 0 Å². The molecule has 0 aliphatic rings. The average molecular weight is 771 g/mol. The summed E-state index contributed by atoms with van der Waals surface area (Å²) in [6.45, 7) is 8.44. The second kappa shape index (κ2) is 38.0. The fraction of sp³-hybridized carbons (Fsp3) is 0.881. The Morgan fingerprint density at radius 3 is 1.38 bits per heavy atom. The fourth-order valence-corrected chi connectivity index (χ4v) is 6.83. The van der Waals surface area contributed by atoms with Crippen molar-refractivity contribution in [3.63, 3.8) is 0 Å². The highest BCUT2D eigenvalue weighted by Gasteiger charge is 2.20. The van der Waals surface area contributed by atoms with Crippen LogP contribution in [0.5, 0.6) is 0 Å². The molecule has 1 unspecified atom stereocenters. The predicted octanol–water partition coefficient (Wildman–Crippen LogP) is 9.49. The molecule has 1 N–H and O–H groups in total. The Bertz CT molecular complexity index is 935. The second-order valence-electron chi connectivity index (χ2n) is 14.4. The predicted molar refractivity (Wildman–Crippen MR) is 217 cm³/mol. The quantitative estimate of drug-likeness (QED) is 0.0371. The number of amides is 2. The van der Waals surface area contributed by atoms with Crippen molar-refractivity contribution in [1.82, 2.24) is 10.2 Å². The van der Waals surface area contributed by atoms with E-state index in [1.807, 2.05) is 0 Å². The van der Waals surface area contributed by atoms with Gasteiger partial charge in [-0.1, -0.05) is 142 Å². The van der Waals surface area contributed by atoms with Crippen molar-refractivity contribution in [3.8, 4) is 0 Å². The highest BCUT2D eigenvalue weighted by atomic mass is 32.2.